The summed E-state index contributed by atoms with van der Waals surface area (Å²) in [7, 11) is 1.85. The molecule has 2 heterocycles. The van der Waals surface area contributed by atoms with E-state index in [1.54, 1.807) is 29.1 Å². The van der Waals surface area contributed by atoms with Crippen molar-refractivity contribution in [2.75, 3.05) is 0 Å². The summed E-state index contributed by atoms with van der Waals surface area (Å²) in [5.74, 6) is -0.653. The van der Waals surface area contributed by atoms with Crippen LogP contribution in [0, 0.1) is 12.7 Å². The third kappa shape index (κ3) is 3.57. The molecule has 0 aliphatic carbocycles. The van der Waals surface area contributed by atoms with E-state index in [0.29, 0.717) is 5.56 Å². The molecule has 0 fully saturated rings. The van der Waals surface area contributed by atoms with E-state index in [9.17, 15) is 9.18 Å². The third-order valence-electron chi connectivity index (χ3n) is 4.15. The van der Waals surface area contributed by atoms with Gasteiger partial charge in [0.25, 0.3) is 5.91 Å². The zero-order valence-electron chi connectivity index (χ0n) is 14.3. The first-order chi connectivity index (χ1) is 12.0. The standard InChI is InChI=1S/C17H19FN6O/c1-11(14-8-19-23(3)12(14)2)20-17(25)16-10-24(22-21-16)9-13-6-4-5-7-15(13)18/h4-8,10-11H,9H2,1-3H3,(H,20,25)/t11-/m0/s1. The maximum absolute atomic E-state index is 13.7. The van der Waals surface area contributed by atoms with Gasteiger partial charge >= 0.3 is 0 Å². The molecule has 0 saturated carbocycles. The molecule has 25 heavy (non-hydrogen) atoms. The highest BCUT2D eigenvalue weighted by Gasteiger charge is 2.18. The van der Waals surface area contributed by atoms with Gasteiger partial charge < -0.3 is 5.32 Å². The molecule has 0 saturated heterocycles. The van der Waals surface area contributed by atoms with E-state index < -0.39 is 0 Å². The van der Waals surface area contributed by atoms with Crippen LogP contribution in [0.5, 0.6) is 0 Å². The molecule has 3 rings (SSSR count). The largest absolute Gasteiger partial charge is 0.344 e. The quantitative estimate of drug-likeness (QED) is 0.769. The average molecular weight is 342 g/mol. The van der Waals surface area contributed by atoms with Crippen LogP contribution in [-0.4, -0.2) is 30.7 Å². The molecule has 130 valence electrons. The number of carbonyl (C=O) groups is 1. The second kappa shape index (κ2) is 6.84. The Balaban J connectivity index is 1.68. The van der Waals surface area contributed by atoms with Crippen LogP contribution in [0.3, 0.4) is 0 Å². The smallest absolute Gasteiger partial charge is 0.273 e. The Kier molecular flexibility index (Phi) is 4.60. The fourth-order valence-corrected chi connectivity index (χ4v) is 2.57. The van der Waals surface area contributed by atoms with Crippen LogP contribution < -0.4 is 5.32 Å². The number of rotatable bonds is 5. The van der Waals surface area contributed by atoms with E-state index in [0.717, 1.165) is 11.3 Å². The number of hydrogen-bond acceptors (Lipinski definition) is 4. The van der Waals surface area contributed by atoms with E-state index in [-0.39, 0.29) is 30.0 Å². The van der Waals surface area contributed by atoms with Crippen molar-refractivity contribution in [3.63, 3.8) is 0 Å². The fraction of sp³-hybridized carbons (Fsp3) is 0.294. The van der Waals surface area contributed by atoms with Gasteiger partial charge in [-0.25, -0.2) is 9.07 Å². The summed E-state index contributed by atoms with van der Waals surface area (Å²) in [5, 5.41) is 14.8. The van der Waals surface area contributed by atoms with Gasteiger partial charge in [0.15, 0.2) is 5.69 Å². The van der Waals surface area contributed by atoms with Gasteiger partial charge in [-0.05, 0) is 19.9 Å². The molecular weight excluding hydrogens is 323 g/mol. The molecule has 2 aromatic heterocycles. The van der Waals surface area contributed by atoms with Gasteiger partial charge in [0.2, 0.25) is 0 Å². The molecule has 1 atom stereocenters. The number of nitrogens with zero attached hydrogens (tertiary/aromatic N) is 5. The zero-order valence-corrected chi connectivity index (χ0v) is 14.3. The molecule has 0 bridgehead atoms. The van der Waals surface area contributed by atoms with Crippen molar-refractivity contribution >= 4 is 5.91 Å². The normalized spacial score (nSPS) is 12.2. The second-order valence-electron chi connectivity index (χ2n) is 5.90. The van der Waals surface area contributed by atoms with Gasteiger partial charge in [0.05, 0.1) is 25.0 Å². The van der Waals surface area contributed by atoms with Crippen molar-refractivity contribution in [2.24, 2.45) is 7.05 Å². The predicted molar refractivity (Wildman–Crippen MR) is 89.4 cm³/mol. The van der Waals surface area contributed by atoms with E-state index in [1.807, 2.05) is 20.9 Å². The number of aromatic nitrogens is 5. The molecule has 1 amide bonds. The average Bonchev–Trinajstić information content (AvgIpc) is 3.17. The van der Waals surface area contributed by atoms with E-state index in [2.05, 4.69) is 20.7 Å². The number of hydrogen-bond donors (Lipinski definition) is 1. The molecule has 0 aliphatic rings. The van der Waals surface area contributed by atoms with Crippen molar-refractivity contribution in [3.05, 3.63) is 65.0 Å². The van der Waals surface area contributed by atoms with Crippen molar-refractivity contribution in [3.8, 4) is 0 Å². The lowest BCUT2D eigenvalue weighted by molar-refractivity contribution is 0.0934. The fourth-order valence-electron chi connectivity index (χ4n) is 2.57. The number of aryl methyl sites for hydroxylation is 1. The molecule has 0 unspecified atom stereocenters. The number of nitrogens with one attached hydrogen (secondary N) is 1. The van der Waals surface area contributed by atoms with Crippen LogP contribution in [0.4, 0.5) is 4.39 Å². The highest BCUT2D eigenvalue weighted by Crippen LogP contribution is 2.16. The predicted octanol–water partition coefficient (Wildman–Crippen LogP) is 2.00. The number of benzene rings is 1. The Bertz CT molecular complexity index is 900. The summed E-state index contributed by atoms with van der Waals surface area (Å²) < 4.78 is 16.9. The molecule has 1 aromatic carbocycles. The Morgan fingerprint density at radius 3 is 2.80 bits per heavy atom. The van der Waals surface area contributed by atoms with Crippen molar-refractivity contribution < 1.29 is 9.18 Å². The highest BCUT2D eigenvalue weighted by molar-refractivity contribution is 5.92. The van der Waals surface area contributed by atoms with Crippen LogP contribution in [0.15, 0.2) is 36.7 Å². The molecule has 3 aromatic rings. The van der Waals surface area contributed by atoms with Crippen LogP contribution in [0.2, 0.25) is 0 Å². The summed E-state index contributed by atoms with van der Waals surface area (Å²) in [4.78, 5) is 12.4. The lowest BCUT2D eigenvalue weighted by Crippen LogP contribution is -2.27. The summed E-state index contributed by atoms with van der Waals surface area (Å²) in [6.07, 6.45) is 3.24. The number of amides is 1. The van der Waals surface area contributed by atoms with Crippen LogP contribution in [-0.2, 0) is 13.6 Å². The van der Waals surface area contributed by atoms with Gasteiger partial charge in [-0.1, -0.05) is 23.4 Å². The Morgan fingerprint density at radius 2 is 2.12 bits per heavy atom. The molecule has 0 radical (unpaired) electrons. The van der Waals surface area contributed by atoms with E-state index in [4.69, 9.17) is 0 Å². The Morgan fingerprint density at radius 1 is 1.36 bits per heavy atom. The minimum absolute atomic E-state index is 0.185. The summed E-state index contributed by atoms with van der Waals surface area (Å²) in [6.45, 7) is 4.03. The molecule has 7 nitrogen and oxygen atoms in total. The molecule has 0 spiro atoms. The molecule has 1 N–H and O–H groups in total. The van der Waals surface area contributed by atoms with Crippen molar-refractivity contribution in [1.82, 2.24) is 30.1 Å². The zero-order chi connectivity index (χ0) is 18.0. The van der Waals surface area contributed by atoms with Crippen LogP contribution >= 0.6 is 0 Å². The van der Waals surface area contributed by atoms with E-state index >= 15 is 0 Å². The van der Waals surface area contributed by atoms with Crippen molar-refractivity contribution in [2.45, 2.75) is 26.4 Å². The summed E-state index contributed by atoms with van der Waals surface area (Å²) >= 11 is 0. The minimum Gasteiger partial charge on any atom is -0.344 e. The van der Waals surface area contributed by atoms with Gasteiger partial charge in [-0.3, -0.25) is 9.48 Å². The van der Waals surface area contributed by atoms with Crippen LogP contribution in [0.1, 0.15) is 40.3 Å². The van der Waals surface area contributed by atoms with Gasteiger partial charge in [-0.2, -0.15) is 5.10 Å². The first-order valence-corrected chi connectivity index (χ1v) is 7.88. The third-order valence-corrected chi connectivity index (χ3v) is 4.15. The summed E-state index contributed by atoms with van der Waals surface area (Å²) in [5.41, 5.74) is 2.59. The Labute approximate surface area is 144 Å². The maximum Gasteiger partial charge on any atom is 0.273 e. The van der Waals surface area contributed by atoms with E-state index in [1.165, 1.54) is 16.9 Å². The lowest BCUT2D eigenvalue weighted by Gasteiger charge is -2.12. The SMILES string of the molecule is Cc1c([C@H](C)NC(=O)c2cn(Cc3ccccc3F)nn2)cnn1C. The highest BCUT2D eigenvalue weighted by atomic mass is 19.1. The first kappa shape index (κ1) is 16.8. The topological polar surface area (TPSA) is 77.6 Å². The number of halogens is 1. The van der Waals surface area contributed by atoms with Crippen LogP contribution in [0.25, 0.3) is 0 Å². The first-order valence-electron chi connectivity index (χ1n) is 7.88. The molecule has 0 aliphatic heterocycles. The minimum atomic E-state index is -0.337. The second-order valence-corrected chi connectivity index (χ2v) is 5.90. The Hall–Kier alpha value is -3.03. The van der Waals surface area contributed by atoms with Gasteiger partial charge in [0, 0.05) is 23.9 Å². The van der Waals surface area contributed by atoms with Gasteiger partial charge in [-0.15, -0.1) is 5.10 Å². The molecular formula is C17H19FN6O. The van der Waals surface area contributed by atoms with Gasteiger partial charge in [0.1, 0.15) is 5.82 Å². The molecule has 8 heteroatoms. The maximum atomic E-state index is 13.7. The van der Waals surface area contributed by atoms with Crippen molar-refractivity contribution in [1.29, 1.82) is 0 Å². The monoisotopic (exact) mass is 342 g/mol. The summed E-state index contributed by atoms with van der Waals surface area (Å²) in [6, 6.07) is 6.22. The lowest BCUT2D eigenvalue weighted by atomic mass is 10.1. The number of carbonyl (C=O) groups excluding carboxylic acids is 1.